The molecule has 1 heterocycles. The third-order valence-electron chi connectivity index (χ3n) is 4.31. The summed E-state index contributed by atoms with van der Waals surface area (Å²) in [6.07, 6.45) is 1.66. The highest BCUT2D eigenvalue weighted by atomic mass is 127. The first-order chi connectivity index (χ1) is 12.8. The van der Waals surface area contributed by atoms with Crippen molar-refractivity contribution in [1.29, 1.82) is 0 Å². The third kappa shape index (κ3) is 3.85. The molecule has 0 saturated carbocycles. The van der Waals surface area contributed by atoms with E-state index in [1.165, 1.54) is 14.7 Å². The molecule has 3 nitrogen and oxygen atoms in total. The quantitative estimate of drug-likeness (QED) is 0.379. The van der Waals surface area contributed by atoms with E-state index >= 15 is 0 Å². The van der Waals surface area contributed by atoms with Gasteiger partial charge in [-0.05, 0) is 51.9 Å². The van der Waals surface area contributed by atoms with Crippen LogP contribution in [0, 0.1) is 3.57 Å². The number of rotatable bonds is 5. The van der Waals surface area contributed by atoms with Gasteiger partial charge in [0.2, 0.25) is 0 Å². The fourth-order valence-electron chi connectivity index (χ4n) is 3.08. The van der Waals surface area contributed by atoms with Crippen molar-refractivity contribution in [3.63, 3.8) is 0 Å². The van der Waals surface area contributed by atoms with Gasteiger partial charge < -0.3 is 4.90 Å². The van der Waals surface area contributed by atoms with Gasteiger partial charge >= 0.3 is 0 Å². The Morgan fingerprint density at radius 3 is 1.96 bits per heavy atom. The molecule has 4 heteroatoms. The summed E-state index contributed by atoms with van der Waals surface area (Å²) in [4.78, 5) is 11.4. The van der Waals surface area contributed by atoms with Gasteiger partial charge in [-0.25, -0.2) is 9.97 Å². The summed E-state index contributed by atoms with van der Waals surface area (Å²) >= 11 is 2.34. The van der Waals surface area contributed by atoms with E-state index in [2.05, 4.69) is 104 Å². The van der Waals surface area contributed by atoms with Crippen LogP contribution in [0.15, 0.2) is 85.2 Å². The molecule has 0 radical (unpaired) electrons. The van der Waals surface area contributed by atoms with Gasteiger partial charge in [0, 0.05) is 22.0 Å². The first kappa shape index (κ1) is 17.0. The van der Waals surface area contributed by atoms with Gasteiger partial charge in [-0.15, -0.1) is 0 Å². The minimum Gasteiger partial charge on any atom is -0.347 e. The summed E-state index contributed by atoms with van der Waals surface area (Å²) in [7, 11) is 0. The first-order valence-corrected chi connectivity index (χ1v) is 9.60. The summed E-state index contributed by atoms with van der Waals surface area (Å²) in [6, 6.07) is 27.4. The van der Waals surface area contributed by atoms with E-state index in [-0.39, 0.29) is 0 Å². The topological polar surface area (TPSA) is 29.0 Å². The molecule has 0 aliphatic carbocycles. The lowest BCUT2D eigenvalue weighted by atomic mass is 10.1. The number of hydrogen-bond donors (Lipinski definition) is 0. The van der Waals surface area contributed by atoms with Gasteiger partial charge in [0.05, 0.1) is 5.52 Å². The SMILES string of the molecule is Ic1ccc2ncnc(N(Cc3ccccc3)Cc3ccccc3)c2c1. The van der Waals surface area contributed by atoms with Crippen molar-refractivity contribution in [2.75, 3.05) is 4.90 Å². The Morgan fingerprint density at radius 2 is 1.35 bits per heavy atom. The van der Waals surface area contributed by atoms with E-state index in [9.17, 15) is 0 Å². The average Bonchev–Trinajstić information content (AvgIpc) is 2.68. The predicted molar refractivity (Wildman–Crippen MR) is 115 cm³/mol. The van der Waals surface area contributed by atoms with Crippen LogP contribution in [0.4, 0.5) is 5.82 Å². The maximum atomic E-state index is 4.65. The second-order valence-corrected chi connectivity index (χ2v) is 7.43. The van der Waals surface area contributed by atoms with Gasteiger partial charge in [0.25, 0.3) is 0 Å². The molecule has 26 heavy (non-hydrogen) atoms. The zero-order chi connectivity index (χ0) is 17.8. The molecule has 4 rings (SSSR count). The number of benzene rings is 3. The van der Waals surface area contributed by atoms with E-state index in [1.54, 1.807) is 6.33 Å². The zero-order valence-corrected chi connectivity index (χ0v) is 16.4. The Hall–Kier alpha value is -2.47. The van der Waals surface area contributed by atoms with Gasteiger partial charge in [-0.2, -0.15) is 0 Å². The standard InChI is InChI=1S/C22H18IN3/c23-19-11-12-21-20(13-19)22(25-16-24-21)26(14-17-7-3-1-4-8-17)15-18-9-5-2-6-10-18/h1-13,16H,14-15H2. The Kier molecular flexibility index (Phi) is 5.11. The largest absolute Gasteiger partial charge is 0.347 e. The number of halogens is 1. The van der Waals surface area contributed by atoms with E-state index < -0.39 is 0 Å². The first-order valence-electron chi connectivity index (χ1n) is 8.53. The second kappa shape index (κ2) is 7.83. The van der Waals surface area contributed by atoms with Crippen molar-refractivity contribution in [2.24, 2.45) is 0 Å². The van der Waals surface area contributed by atoms with E-state index in [1.807, 2.05) is 12.1 Å². The van der Waals surface area contributed by atoms with Crippen LogP contribution in [-0.4, -0.2) is 9.97 Å². The Bertz CT molecular complexity index is 962. The smallest absolute Gasteiger partial charge is 0.140 e. The fraction of sp³-hybridized carbons (Fsp3) is 0.0909. The summed E-state index contributed by atoms with van der Waals surface area (Å²) in [5, 5.41) is 1.09. The zero-order valence-electron chi connectivity index (χ0n) is 14.2. The Labute approximate surface area is 166 Å². The molecular weight excluding hydrogens is 433 g/mol. The molecule has 0 saturated heterocycles. The summed E-state index contributed by atoms with van der Waals surface area (Å²) in [6.45, 7) is 1.60. The number of nitrogens with zero attached hydrogens (tertiary/aromatic N) is 3. The Morgan fingerprint density at radius 1 is 0.731 bits per heavy atom. The summed E-state index contributed by atoms with van der Waals surface area (Å²) < 4.78 is 1.19. The molecule has 4 aromatic rings. The molecule has 0 N–H and O–H groups in total. The molecule has 0 spiro atoms. The van der Waals surface area contributed by atoms with Crippen LogP contribution in [-0.2, 0) is 13.1 Å². The van der Waals surface area contributed by atoms with Crippen molar-refractivity contribution in [2.45, 2.75) is 13.1 Å². The molecule has 0 amide bonds. The van der Waals surface area contributed by atoms with Crippen LogP contribution in [0.25, 0.3) is 10.9 Å². The van der Waals surface area contributed by atoms with Crippen LogP contribution in [0.2, 0.25) is 0 Å². The van der Waals surface area contributed by atoms with Gasteiger partial charge in [-0.3, -0.25) is 0 Å². The molecule has 3 aromatic carbocycles. The molecule has 1 aromatic heterocycles. The number of anilines is 1. The highest BCUT2D eigenvalue weighted by Gasteiger charge is 2.14. The predicted octanol–water partition coefficient (Wildman–Crippen LogP) is 5.44. The number of hydrogen-bond acceptors (Lipinski definition) is 3. The normalized spacial score (nSPS) is 10.8. The molecule has 0 fully saturated rings. The van der Waals surface area contributed by atoms with Crippen molar-refractivity contribution < 1.29 is 0 Å². The lowest BCUT2D eigenvalue weighted by molar-refractivity contribution is 0.786. The monoisotopic (exact) mass is 451 g/mol. The number of aromatic nitrogens is 2. The maximum Gasteiger partial charge on any atom is 0.140 e. The molecule has 0 aliphatic rings. The highest BCUT2D eigenvalue weighted by Crippen LogP contribution is 2.27. The fourth-order valence-corrected chi connectivity index (χ4v) is 3.57. The minimum absolute atomic E-state index is 0.799. The summed E-state index contributed by atoms with van der Waals surface area (Å²) in [5.41, 5.74) is 3.50. The van der Waals surface area contributed by atoms with Gasteiger partial charge in [-0.1, -0.05) is 60.7 Å². The van der Waals surface area contributed by atoms with Crippen molar-refractivity contribution in [1.82, 2.24) is 9.97 Å². The molecule has 0 unspecified atom stereocenters. The van der Waals surface area contributed by atoms with E-state index in [0.29, 0.717) is 0 Å². The maximum absolute atomic E-state index is 4.65. The van der Waals surface area contributed by atoms with Gasteiger partial charge in [0.1, 0.15) is 12.1 Å². The van der Waals surface area contributed by atoms with Gasteiger partial charge in [0.15, 0.2) is 0 Å². The lowest BCUT2D eigenvalue weighted by Crippen LogP contribution is -2.23. The Balaban J connectivity index is 1.78. The third-order valence-corrected chi connectivity index (χ3v) is 4.98. The van der Waals surface area contributed by atoms with Crippen LogP contribution < -0.4 is 4.90 Å². The van der Waals surface area contributed by atoms with Crippen molar-refractivity contribution in [3.8, 4) is 0 Å². The second-order valence-electron chi connectivity index (χ2n) is 6.19. The van der Waals surface area contributed by atoms with Crippen LogP contribution in [0.1, 0.15) is 11.1 Å². The van der Waals surface area contributed by atoms with Crippen molar-refractivity contribution >= 4 is 39.3 Å². The highest BCUT2D eigenvalue weighted by molar-refractivity contribution is 14.1. The van der Waals surface area contributed by atoms with E-state index in [0.717, 1.165) is 29.8 Å². The number of fused-ring (bicyclic) bond motifs is 1. The molecule has 128 valence electrons. The lowest BCUT2D eigenvalue weighted by Gasteiger charge is -2.25. The molecule has 0 aliphatic heterocycles. The van der Waals surface area contributed by atoms with Crippen molar-refractivity contribution in [3.05, 3.63) is 99.9 Å². The molecular formula is C22H18IN3. The van der Waals surface area contributed by atoms with Crippen LogP contribution >= 0.6 is 22.6 Å². The van der Waals surface area contributed by atoms with Crippen LogP contribution in [0.3, 0.4) is 0 Å². The van der Waals surface area contributed by atoms with Crippen LogP contribution in [0.5, 0.6) is 0 Å². The molecule has 0 bridgehead atoms. The van der Waals surface area contributed by atoms with E-state index in [4.69, 9.17) is 0 Å². The average molecular weight is 451 g/mol. The summed E-state index contributed by atoms with van der Waals surface area (Å²) in [5.74, 6) is 0.973. The molecule has 0 atom stereocenters. The minimum atomic E-state index is 0.799.